The molecule has 4 rings (SSSR count). The lowest BCUT2D eigenvalue weighted by Crippen LogP contribution is -2.00. The van der Waals surface area contributed by atoms with E-state index >= 15 is 0 Å². The molecular weight excluding hydrogens is 399 g/mol. The first kappa shape index (κ1) is 21.2. The first-order chi connectivity index (χ1) is 14.5. The van der Waals surface area contributed by atoms with Crippen LogP contribution in [0.25, 0.3) is 0 Å². The monoisotopic (exact) mass is 416 g/mol. The predicted octanol–water partition coefficient (Wildman–Crippen LogP) is 6.63. The largest absolute Gasteiger partial charge is 0.289 e. The van der Waals surface area contributed by atoms with Crippen LogP contribution in [0, 0.1) is 5.82 Å². The Morgan fingerprint density at radius 3 is 1.23 bits per heavy atom. The summed E-state index contributed by atoms with van der Waals surface area (Å²) >= 11 is 5.75. The van der Waals surface area contributed by atoms with Crippen LogP contribution in [0.15, 0.2) is 109 Å². The third-order valence-corrected chi connectivity index (χ3v) is 4.54. The Kier molecular flexibility index (Phi) is 7.25. The molecule has 0 saturated carbocycles. The zero-order valence-corrected chi connectivity index (χ0v) is 16.7. The molecule has 4 aromatic rings. The minimum atomic E-state index is -0.334. The van der Waals surface area contributed by atoms with Crippen molar-refractivity contribution in [2.45, 2.75) is 0 Å². The fourth-order valence-electron chi connectivity index (χ4n) is 2.71. The fraction of sp³-hybridized carbons (Fsp3) is 0. The van der Waals surface area contributed by atoms with Gasteiger partial charge in [0, 0.05) is 27.3 Å². The van der Waals surface area contributed by atoms with Gasteiger partial charge in [-0.1, -0.05) is 72.3 Å². The summed E-state index contributed by atoms with van der Waals surface area (Å²) in [6.07, 6.45) is 0. The lowest BCUT2D eigenvalue weighted by atomic mass is 10.0. The summed E-state index contributed by atoms with van der Waals surface area (Å²) in [6, 6.07) is 30.6. The minimum absolute atomic E-state index is 0.0206. The summed E-state index contributed by atoms with van der Waals surface area (Å²) in [6.45, 7) is 0. The molecule has 0 N–H and O–H groups in total. The van der Waals surface area contributed by atoms with E-state index in [1.54, 1.807) is 60.7 Å². The number of rotatable bonds is 4. The Bertz CT molecular complexity index is 1010. The molecule has 0 atom stereocenters. The fourth-order valence-corrected chi connectivity index (χ4v) is 2.84. The van der Waals surface area contributed by atoms with E-state index in [0.717, 1.165) is 0 Å². The molecule has 0 aliphatic carbocycles. The Hall–Kier alpha value is -3.56. The van der Waals surface area contributed by atoms with Crippen molar-refractivity contribution in [2.75, 3.05) is 0 Å². The third kappa shape index (κ3) is 5.72. The predicted molar refractivity (Wildman–Crippen MR) is 118 cm³/mol. The van der Waals surface area contributed by atoms with Gasteiger partial charge >= 0.3 is 0 Å². The molecule has 30 heavy (non-hydrogen) atoms. The van der Waals surface area contributed by atoms with Gasteiger partial charge in [-0.3, -0.25) is 9.59 Å². The first-order valence-electron chi connectivity index (χ1n) is 9.25. The van der Waals surface area contributed by atoms with Gasteiger partial charge in [0.2, 0.25) is 0 Å². The molecule has 0 aromatic heterocycles. The maximum atomic E-state index is 12.6. The van der Waals surface area contributed by atoms with Gasteiger partial charge in [-0.05, 0) is 48.5 Å². The van der Waals surface area contributed by atoms with Gasteiger partial charge in [-0.25, -0.2) is 4.39 Å². The molecule has 0 unspecified atom stereocenters. The van der Waals surface area contributed by atoms with Crippen LogP contribution in [-0.2, 0) is 0 Å². The molecule has 148 valence electrons. The van der Waals surface area contributed by atoms with Crippen molar-refractivity contribution in [3.63, 3.8) is 0 Å². The van der Waals surface area contributed by atoms with E-state index in [4.69, 9.17) is 11.6 Å². The number of ketones is 2. The van der Waals surface area contributed by atoms with Crippen LogP contribution < -0.4 is 0 Å². The number of halogens is 2. The highest BCUT2D eigenvalue weighted by Crippen LogP contribution is 2.13. The first-order valence-corrected chi connectivity index (χ1v) is 9.63. The molecule has 4 aromatic carbocycles. The summed E-state index contributed by atoms with van der Waals surface area (Å²) in [4.78, 5) is 23.7. The van der Waals surface area contributed by atoms with Gasteiger partial charge in [0.05, 0.1) is 0 Å². The standard InChI is InChI=1S/C13H9ClO.C13H9FO/c2*14-12-8-6-11(7-9-12)13(15)10-4-2-1-3-5-10/h2*1-9H. The highest BCUT2D eigenvalue weighted by molar-refractivity contribution is 6.30. The SMILES string of the molecule is O=C(c1ccccc1)c1ccc(Cl)cc1.O=C(c1ccccc1)c1ccc(F)cc1. The van der Waals surface area contributed by atoms with Gasteiger partial charge in [-0.15, -0.1) is 0 Å². The topological polar surface area (TPSA) is 34.1 Å². The molecule has 0 aliphatic heterocycles. The molecule has 0 saturated heterocycles. The van der Waals surface area contributed by atoms with Crippen molar-refractivity contribution in [1.82, 2.24) is 0 Å². The van der Waals surface area contributed by atoms with Crippen LogP contribution in [0.4, 0.5) is 4.39 Å². The smallest absolute Gasteiger partial charge is 0.193 e. The molecule has 0 aliphatic rings. The van der Waals surface area contributed by atoms with Crippen LogP contribution in [0.3, 0.4) is 0 Å². The van der Waals surface area contributed by atoms with Crippen molar-refractivity contribution in [2.24, 2.45) is 0 Å². The van der Waals surface area contributed by atoms with Gasteiger partial charge in [0.1, 0.15) is 5.82 Å². The summed E-state index contributed by atoms with van der Waals surface area (Å²) in [5.41, 5.74) is 2.47. The highest BCUT2D eigenvalue weighted by atomic mass is 35.5. The number of carbonyl (C=O) groups is 2. The third-order valence-electron chi connectivity index (χ3n) is 4.28. The quantitative estimate of drug-likeness (QED) is 0.350. The zero-order chi connectivity index (χ0) is 21.3. The average Bonchev–Trinajstić information content (AvgIpc) is 2.81. The molecule has 0 fully saturated rings. The maximum absolute atomic E-state index is 12.6. The second-order valence-corrected chi connectivity index (χ2v) is 6.84. The van der Waals surface area contributed by atoms with Crippen LogP contribution in [0.1, 0.15) is 31.8 Å². The van der Waals surface area contributed by atoms with E-state index < -0.39 is 0 Å². The molecule has 2 nitrogen and oxygen atoms in total. The van der Waals surface area contributed by atoms with E-state index in [1.807, 2.05) is 24.3 Å². The number of benzene rings is 4. The summed E-state index contributed by atoms with van der Waals surface area (Å²) in [5, 5.41) is 0.639. The molecule has 0 heterocycles. The van der Waals surface area contributed by atoms with E-state index in [1.165, 1.54) is 24.3 Å². The van der Waals surface area contributed by atoms with Crippen molar-refractivity contribution >= 4 is 23.2 Å². The van der Waals surface area contributed by atoms with E-state index in [2.05, 4.69) is 0 Å². The van der Waals surface area contributed by atoms with E-state index in [-0.39, 0.29) is 17.4 Å². The van der Waals surface area contributed by atoms with Gasteiger partial charge in [0.15, 0.2) is 11.6 Å². The van der Waals surface area contributed by atoms with Crippen LogP contribution in [0.5, 0.6) is 0 Å². The lowest BCUT2D eigenvalue weighted by molar-refractivity contribution is 0.103. The van der Waals surface area contributed by atoms with Crippen LogP contribution in [-0.4, -0.2) is 11.6 Å². The van der Waals surface area contributed by atoms with Crippen LogP contribution >= 0.6 is 11.6 Å². The maximum Gasteiger partial charge on any atom is 0.193 e. The van der Waals surface area contributed by atoms with Gasteiger partial charge in [0.25, 0.3) is 0 Å². The Labute approximate surface area is 179 Å². The van der Waals surface area contributed by atoms with Gasteiger partial charge < -0.3 is 0 Å². The number of carbonyl (C=O) groups excluding carboxylic acids is 2. The van der Waals surface area contributed by atoms with E-state index in [9.17, 15) is 14.0 Å². The summed E-state index contributed by atoms with van der Waals surface area (Å²) < 4.78 is 12.6. The highest BCUT2D eigenvalue weighted by Gasteiger charge is 2.08. The van der Waals surface area contributed by atoms with Crippen molar-refractivity contribution in [3.8, 4) is 0 Å². The Balaban J connectivity index is 0.000000171. The molecular formula is C26H18ClFO2. The Morgan fingerprint density at radius 2 is 0.833 bits per heavy atom. The molecule has 0 bridgehead atoms. The van der Waals surface area contributed by atoms with Crippen molar-refractivity contribution in [3.05, 3.63) is 142 Å². The second-order valence-electron chi connectivity index (χ2n) is 6.40. The molecule has 0 amide bonds. The molecule has 0 spiro atoms. The average molecular weight is 417 g/mol. The number of hydrogen-bond acceptors (Lipinski definition) is 2. The zero-order valence-electron chi connectivity index (χ0n) is 16.0. The van der Waals surface area contributed by atoms with Crippen molar-refractivity contribution in [1.29, 1.82) is 0 Å². The summed E-state index contributed by atoms with van der Waals surface area (Å²) in [7, 11) is 0. The van der Waals surface area contributed by atoms with Gasteiger partial charge in [-0.2, -0.15) is 0 Å². The molecule has 4 heteroatoms. The second kappa shape index (κ2) is 10.3. The van der Waals surface area contributed by atoms with Crippen LogP contribution in [0.2, 0.25) is 5.02 Å². The lowest BCUT2D eigenvalue weighted by Gasteiger charge is -2.00. The summed E-state index contributed by atoms with van der Waals surface area (Å²) in [5.74, 6) is -0.400. The Morgan fingerprint density at radius 1 is 0.500 bits per heavy atom. The van der Waals surface area contributed by atoms with Crippen molar-refractivity contribution < 1.29 is 14.0 Å². The minimum Gasteiger partial charge on any atom is -0.289 e. The normalized spacial score (nSPS) is 9.93. The molecule has 0 radical (unpaired) electrons. The van der Waals surface area contributed by atoms with E-state index in [0.29, 0.717) is 27.3 Å². The number of hydrogen-bond donors (Lipinski definition) is 0.